The number of nitrogens with zero attached hydrogens (tertiary/aromatic N) is 3. The second-order valence-corrected chi connectivity index (χ2v) is 4.34. The van der Waals surface area contributed by atoms with Crippen LogP contribution in [0.15, 0.2) is 39.4 Å². The first-order valence-electron chi connectivity index (χ1n) is 6.48. The monoisotopic (exact) mass is 316 g/mol. The number of methoxy groups -OCH3 is 2. The third kappa shape index (κ3) is 3.12. The fourth-order valence-corrected chi connectivity index (χ4v) is 1.81. The van der Waals surface area contributed by atoms with Gasteiger partial charge in [0.05, 0.1) is 20.4 Å². The first-order valence-corrected chi connectivity index (χ1v) is 6.48. The van der Waals surface area contributed by atoms with E-state index in [1.54, 1.807) is 24.3 Å². The summed E-state index contributed by atoms with van der Waals surface area (Å²) in [4.78, 5) is 12.3. The summed E-state index contributed by atoms with van der Waals surface area (Å²) in [5, 5.41) is 13.5. The number of nitrogens with one attached hydrogen (secondary N) is 1. The summed E-state index contributed by atoms with van der Waals surface area (Å²) >= 11 is 0. The van der Waals surface area contributed by atoms with Gasteiger partial charge in [-0.3, -0.25) is 10.1 Å². The van der Waals surface area contributed by atoms with Crippen LogP contribution in [-0.4, -0.2) is 35.5 Å². The molecule has 0 spiro atoms. The minimum atomic E-state index is -0.449. The molecular formula is C14H12N4O5. The summed E-state index contributed by atoms with van der Waals surface area (Å²) in [6.45, 7) is 0. The number of amides is 1. The molecule has 3 aromatic rings. The van der Waals surface area contributed by atoms with E-state index in [4.69, 9.17) is 18.4 Å². The van der Waals surface area contributed by atoms with Crippen molar-refractivity contribution in [3.05, 3.63) is 36.0 Å². The fourth-order valence-electron chi connectivity index (χ4n) is 1.81. The highest BCUT2D eigenvalue weighted by atomic mass is 16.5. The Morgan fingerprint density at radius 3 is 2.48 bits per heavy atom. The minimum absolute atomic E-state index is 0.0665. The molecule has 23 heavy (non-hydrogen) atoms. The van der Waals surface area contributed by atoms with E-state index in [0.29, 0.717) is 22.8 Å². The van der Waals surface area contributed by atoms with E-state index in [2.05, 4.69) is 20.7 Å². The van der Waals surface area contributed by atoms with Crippen LogP contribution in [0.2, 0.25) is 0 Å². The molecular weight excluding hydrogens is 304 g/mol. The molecule has 0 aliphatic heterocycles. The molecule has 9 heteroatoms. The molecule has 0 fully saturated rings. The molecule has 9 nitrogen and oxygen atoms in total. The van der Waals surface area contributed by atoms with Crippen molar-refractivity contribution in [1.29, 1.82) is 0 Å². The Hall–Kier alpha value is -3.36. The smallest absolute Gasteiger partial charge is 0.322 e. The van der Waals surface area contributed by atoms with Crippen molar-refractivity contribution in [1.82, 2.24) is 15.4 Å². The number of carbonyl (C=O) groups is 1. The topological polar surface area (TPSA) is 113 Å². The van der Waals surface area contributed by atoms with Gasteiger partial charge in [-0.2, -0.15) is 0 Å². The predicted octanol–water partition coefficient (Wildman–Crippen LogP) is 1.99. The van der Waals surface area contributed by atoms with Crippen LogP contribution in [0, 0.1) is 0 Å². The molecule has 2 aromatic heterocycles. The predicted molar refractivity (Wildman–Crippen MR) is 77.3 cm³/mol. The van der Waals surface area contributed by atoms with Gasteiger partial charge in [-0.15, -0.1) is 5.10 Å². The Morgan fingerprint density at radius 1 is 1.13 bits per heavy atom. The van der Waals surface area contributed by atoms with Crippen molar-refractivity contribution >= 4 is 11.9 Å². The zero-order chi connectivity index (χ0) is 16.2. The molecule has 0 bridgehead atoms. The largest absolute Gasteiger partial charge is 0.497 e. The van der Waals surface area contributed by atoms with Crippen LogP contribution in [0.25, 0.3) is 11.7 Å². The lowest BCUT2D eigenvalue weighted by atomic mass is 10.2. The molecule has 0 radical (unpaired) electrons. The van der Waals surface area contributed by atoms with Crippen molar-refractivity contribution in [2.75, 3.05) is 19.5 Å². The van der Waals surface area contributed by atoms with Crippen LogP contribution in [0.4, 0.5) is 6.01 Å². The van der Waals surface area contributed by atoms with Crippen molar-refractivity contribution in [3.63, 3.8) is 0 Å². The highest BCUT2D eigenvalue weighted by molar-refractivity contribution is 6.03. The van der Waals surface area contributed by atoms with Gasteiger partial charge in [0.25, 0.3) is 11.8 Å². The molecule has 0 unspecified atom stereocenters. The van der Waals surface area contributed by atoms with Crippen LogP contribution < -0.4 is 14.8 Å². The molecule has 0 saturated carbocycles. The van der Waals surface area contributed by atoms with Crippen LogP contribution >= 0.6 is 0 Å². The number of rotatable bonds is 5. The summed E-state index contributed by atoms with van der Waals surface area (Å²) in [5.41, 5.74) is 0.320. The Bertz CT molecular complexity index is 790. The highest BCUT2D eigenvalue weighted by Crippen LogP contribution is 2.24. The van der Waals surface area contributed by atoms with Crippen LogP contribution in [0.1, 0.15) is 10.4 Å². The average Bonchev–Trinajstić information content (AvgIpc) is 3.25. The van der Waals surface area contributed by atoms with Gasteiger partial charge in [-0.05, 0) is 12.1 Å². The molecule has 0 saturated heterocycles. The van der Waals surface area contributed by atoms with Gasteiger partial charge < -0.3 is 18.4 Å². The van der Waals surface area contributed by atoms with E-state index in [1.165, 1.54) is 20.4 Å². The Kier molecular flexibility index (Phi) is 3.91. The van der Waals surface area contributed by atoms with Crippen molar-refractivity contribution in [2.24, 2.45) is 0 Å². The molecule has 0 atom stereocenters. The number of hydrogen-bond acceptors (Lipinski definition) is 8. The summed E-state index contributed by atoms with van der Waals surface area (Å²) < 4.78 is 20.4. The summed E-state index contributed by atoms with van der Waals surface area (Å²) in [6, 6.07) is 6.28. The number of aromatic nitrogens is 3. The van der Waals surface area contributed by atoms with Gasteiger partial charge in [0.1, 0.15) is 11.5 Å². The first-order chi connectivity index (χ1) is 11.2. The molecule has 1 amide bonds. The van der Waals surface area contributed by atoms with E-state index in [-0.39, 0.29) is 11.9 Å². The van der Waals surface area contributed by atoms with E-state index >= 15 is 0 Å². The standard InChI is InChI=1S/C14H12N4O5/c1-20-9-5-8(6-10(7-9)21-2)12(19)16-14-18-17-13(22-14)11-3-4-15-23-11/h3-7H,1-2H3,(H,16,18,19). The zero-order valence-corrected chi connectivity index (χ0v) is 12.3. The normalized spacial score (nSPS) is 10.3. The zero-order valence-electron chi connectivity index (χ0n) is 12.3. The second kappa shape index (κ2) is 6.18. The van der Waals surface area contributed by atoms with Crippen LogP contribution in [0.5, 0.6) is 11.5 Å². The number of benzene rings is 1. The maximum atomic E-state index is 12.3. The van der Waals surface area contributed by atoms with E-state index in [0.717, 1.165) is 0 Å². The molecule has 1 N–H and O–H groups in total. The van der Waals surface area contributed by atoms with E-state index in [1.807, 2.05) is 0 Å². The first kappa shape index (κ1) is 14.6. The molecule has 0 aliphatic carbocycles. The van der Waals surface area contributed by atoms with Gasteiger partial charge in [0.15, 0.2) is 0 Å². The third-order valence-electron chi connectivity index (χ3n) is 2.91. The summed E-state index contributed by atoms with van der Waals surface area (Å²) in [5.74, 6) is 0.946. The quantitative estimate of drug-likeness (QED) is 0.760. The molecule has 2 heterocycles. The SMILES string of the molecule is COc1cc(OC)cc(C(=O)Nc2nnc(-c3ccno3)o2)c1. The van der Waals surface area contributed by atoms with Crippen LogP contribution in [0.3, 0.4) is 0 Å². The van der Waals surface area contributed by atoms with Gasteiger partial charge in [0, 0.05) is 17.7 Å². The number of hydrogen-bond donors (Lipinski definition) is 1. The van der Waals surface area contributed by atoms with Gasteiger partial charge in [0.2, 0.25) is 5.76 Å². The molecule has 0 aliphatic rings. The number of anilines is 1. The molecule has 3 rings (SSSR count). The Morgan fingerprint density at radius 2 is 1.87 bits per heavy atom. The van der Waals surface area contributed by atoms with Gasteiger partial charge in [-0.1, -0.05) is 10.3 Å². The molecule has 1 aromatic carbocycles. The average molecular weight is 316 g/mol. The maximum Gasteiger partial charge on any atom is 0.322 e. The number of carbonyl (C=O) groups excluding carboxylic acids is 1. The Labute approximate surface area is 130 Å². The highest BCUT2D eigenvalue weighted by Gasteiger charge is 2.16. The summed E-state index contributed by atoms with van der Waals surface area (Å²) in [6.07, 6.45) is 1.44. The lowest BCUT2D eigenvalue weighted by Crippen LogP contribution is -2.12. The molecule has 118 valence electrons. The van der Waals surface area contributed by atoms with Crippen LogP contribution in [-0.2, 0) is 0 Å². The van der Waals surface area contributed by atoms with E-state index < -0.39 is 5.91 Å². The van der Waals surface area contributed by atoms with Gasteiger partial charge in [-0.25, -0.2) is 0 Å². The minimum Gasteiger partial charge on any atom is -0.497 e. The third-order valence-corrected chi connectivity index (χ3v) is 2.91. The van der Waals surface area contributed by atoms with Gasteiger partial charge >= 0.3 is 6.01 Å². The lowest BCUT2D eigenvalue weighted by Gasteiger charge is -2.07. The van der Waals surface area contributed by atoms with E-state index in [9.17, 15) is 4.79 Å². The second-order valence-electron chi connectivity index (χ2n) is 4.34. The maximum absolute atomic E-state index is 12.3. The van der Waals surface area contributed by atoms with Crippen molar-refractivity contribution < 1.29 is 23.2 Å². The fraction of sp³-hybridized carbons (Fsp3) is 0.143. The lowest BCUT2D eigenvalue weighted by molar-refractivity contribution is 0.102. The number of ether oxygens (including phenoxy) is 2. The summed E-state index contributed by atoms with van der Waals surface area (Å²) in [7, 11) is 3.00. The Balaban J connectivity index is 1.79. The van der Waals surface area contributed by atoms with Crippen molar-refractivity contribution in [3.8, 4) is 23.1 Å². The van der Waals surface area contributed by atoms with Crippen molar-refractivity contribution in [2.45, 2.75) is 0 Å².